The van der Waals surface area contributed by atoms with Crippen LogP contribution >= 0.6 is 0 Å². The Morgan fingerprint density at radius 1 is 0.717 bits per heavy atom. The van der Waals surface area contributed by atoms with Crippen LogP contribution in [-0.4, -0.2) is 9.55 Å². The van der Waals surface area contributed by atoms with E-state index >= 15 is 0 Å². The second-order valence-corrected chi connectivity index (χ2v) is 12.7. The molecule has 0 spiro atoms. The summed E-state index contributed by atoms with van der Waals surface area (Å²) >= 11 is 0. The Balaban J connectivity index is 1.45. The SMILES string of the molecule is Cc1c(-c2cc(C(C)C)c(-n3c(-c4cccc5c4oc4cc(C#N)ccc45)nc4ccccc43)c(C(C)C)c2)oc2ccccc12. The predicted octanol–water partition coefficient (Wildman–Crippen LogP) is 11.4. The van der Waals surface area contributed by atoms with Crippen LogP contribution in [0.4, 0.5) is 0 Å². The first kappa shape index (κ1) is 27.9. The fourth-order valence-corrected chi connectivity index (χ4v) is 6.88. The van der Waals surface area contributed by atoms with Crippen molar-refractivity contribution in [2.75, 3.05) is 0 Å². The standard InChI is InChI=1S/C41H33N3O2/c1-23(2)32-20-27(39-25(5)28-11-6-9-16-36(28)45-39)21-33(24(3)4)38(32)44-35-15-8-7-14-34(35)43-41(44)31-13-10-12-30-29-18-17-26(22-42)19-37(29)46-40(30)31/h6-21,23-24H,1-5H3. The number of aromatic nitrogens is 2. The van der Waals surface area contributed by atoms with Gasteiger partial charge in [-0.05, 0) is 84.5 Å². The molecule has 8 rings (SSSR count). The van der Waals surface area contributed by atoms with E-state index in [0.717, 1.165) is 72.3 Å². The van der Waals surface area contributed by atoms with Gasteiger partial charge >= 0.3 is 0 Å². The van der Waals surface area contributed by atoms with Gasteiger partial charge in [0, 0.05) is 27.3 Å². The van der Waals surface area contributed by atoms with E-state index in [1.165, 1.54) is 11.1 Å². The normalized spacial score (nSPS) is 12.0. The maximum atomic E-state index is 9.52. The molecule has 0 radical (unpaired) electrons. The highest BCUT2D eigenvalue weighted by Crippen LogP contribution is 2.43. The van der Waals surface area contributed by atoms with Gasteiger partial charge in [-0.25, -0.2) is 4.98 Å². The van der Waals surface area contributed by atoms with Crippen LogP contribution in [-0.2, 0) is 0 Å². The summed E-state index contributed by atoms with van der Waals surface area (Å²) in [5.74, 6) is 2.17. The maximum Gasteiger partial charge on any atom is 0.149 e. The van der Waals surface area contributed by atoms with Crippen LogP contribution in [0, 0.1) is 18.3 Å². The Morgan fingerprint density at radius 2 is 1.43 bits per heavy atom. The Bertz CT molecular complexity index is 2490. The van der Waals surface area contributed by atoms with E-state index in [0.29, 0.717) is 11.1 Å². The van der Waals surface area contributed by atoms with E-state index in [-0.39, 0.29) is 11.8 Å². The average molecular weight is 600 g/mol. The maximum absolute atomic E-state index is 9.52. The minimum Gasteiger partial charge on any atom is -0.456 e. The van der Waals surface area contributed by atoms with Gasteiger partial charge in [0.25, 0.3) is 0 Å². The van der Waals surface area contributed by atoms with Crippen molar-refractivity contribution in [3.05, 3.63) is 119 Å². The molecule has 3 aromatic heterocycles. The third-order valence-corrected chi connectivity index (χ3v) is 9.17. The zero-order chi connectivity index (χ0) is 31.7. The molecule has 46 heavy (non-hydrogen) atoms. The number of furan rings is 2. The van der Waals surface area contributed by atoms with Gasteiger partial charge in [0.2, 0.25) is 0 Å². The van der Waals surface area contributed by atoms with Gasteiger partial charge in [0.1, 0.15) is 28.3 Å². The van der Waals surface area contributed by atoms with E-state index in [1.807, 2.05) is 36.4 Å². The molecule has 0 aliphatic rings. The van der Waals surface area contributed by atoms with Crippen LogP contribution < -0.4 is 0 Å². The zero-order valence-corrected chi connectivity index (χ0v) is 26.6. The third kappa shape index (κ3) is 4.18. The van der Waals surface area contributed by atoms with Crippen LogP contribution in [0.15, 0.2) is 106 Å². The van der Waals surface area contributed by atoms with Crippen molar-refractivity contribution in [2.24, 2.45) is 0 Å². The van der Waals surface area contributed by atoms with Crippen LogP contribution in [0.1, 0.15) is 61.8 Å². The molecule has 0 aliphatic carbocycles. The minimum absolute atomic E-state index is 0.220. The van der Waals surface area contributed by atoms with Crippen molar-refractivity contribution in [1.29, 1.82) is 5.26 Å². The lowest BCUT2D eigenvalue weighted by Gasteiger charge is -2.24. The number of aryl methyl sites for hydroxylation is 1. The van der Waals surface area contributed by atoms with E-state index in [9.17, 15) is 5.26 Å². The topological polar surface area (TPSA) is 67.9 Å². The summed E-state index contributed by atoms with van der Waals surface area (Å²) in [4.78, 5) is 5.27. The molecule has 5 heteroatoms. The fourth-order valence-electron chi connectivity index (χ4n) is 6.88. The highest BCUT2D eigenvalue weighted by molar-refractivity contribution is 6.09. The van der Waals surface area contributed by atoms with Crippen LogP contribution in [0.25, 0.3) is 72.3 Å². The van der Waals surface area contributed by atoms with Gasteiger partial charge in [-0.2, -0.15) is 5.26 Å². The molecule has 0 aliphatic heterocycles. The summed E-state index contributed by atoms with van der Waals surface area (Å²) in [6.07, 6.45) is 0. The van der Waals surface area contributed by atoms with Gasteiger partial charge in [-0.3, -0.25) is 4.57 Å². The van der Waals surface area contributed by atoms with Crippen molar-refractivity contribution >= 4 is 43.9 Å². The minimum atomic E-state index is 0.220. The number of hydrogen-bond donors (Lipinski definition) is 0. The van der Waals surface area contributed by atoms with E-state index in [1.54, 1.807) is 0 Å². The van der Waals surface area contributed by atoms with Crippen LogP contribution in [0.3, 0.4) is 0 Å². The number of rotatable bonds is 5. The van der Waals surface area contributed by atoms with Crippen molar-refractivity contribution in [1.82, 2.24) is 9.55 Å². The van der Waals surface area contributed by atoms with Gasteiger partial charge in [0.05, 0.1) is 33.9 Å². The summed E-state index contributed by atoms with van der Waals surface area (Å²) in [7, 11) is 0. The largest absolute Gasteiger partial charge is 0.456 e. The molecular weight excluding hydrogens is 566 g/mol. The average Bonchev–Trinajstić information content (AvgIpc) is 3.74. The molecule has 8 aromatic rings. The molecule has 224 valence electrons. The molecule has 3 heterocycles. The summed E-state index contributed by atoms with van der Waals surface area (Å²) in [6, 6.07) is 35.3. The van der Waals surface area contributed by atoms with E-state index in [2.05, 4.69) is 106 Å². The molecule has 0 bridgehead atoms. The molecule has 5 nitrogen and oxygen atoms in total. The monoisotopic (exact) mass is 599 g/mol. The van der Waals surface area contributed by atoms with Crippen molar-refractivity contribution in [2.45, 2.75) is 46.5 Å². The lowest BCUT2D eigenvalue weighted by Crippen LogP contribution is -2.09. The summed E-state index contributed by atoms with van der Waals surface area (Å²) in [5, 5.41) is 12.6. The quantitative estimate of drug-likeness (QED) is 0.197. The fraction of sp³-hybridized carbons (Fsp3) is 0.171. The van der Waals surface area contributed by atoms with Gasteiger partial charge < -0.3 is 8.83 Å². The summed E-state index contributed by atoms with van der Waals surface area (Å²) < 4.78 is 15.3. The number of nitriles is 1. The molecule has 0 unspecified atom stereocenters. The lowest BCUT2D eigenvalue weighted by atomic mass is 9.88. The Hall–Kier alpha value is -5.60. The van der Waals surface area contributed by atoms with E-state index < -0.39 is 0 Å². The van der Waals surface area contributed by atoms with Gasteiger partial charge in [-0.15, -0.1) is 0 Å². The first-order valence-corrected chi connectivity index (χ1v) is 15.8. The highest BCUT2D eigenvalue weighted by Gasteiger charge is 2.26. The summed E-state index contributed by atoms with van der Waals surface area (Å²) in [6.45, 7) is 11.2. The predicted molar refractivity (Wildman–Crippen MR) is 187 cm³/mol. The number of nitrogens with zero attached hydrogens (tertiary/aromatic N) is 3. The van der Waals surface area contributed by atoms with Crippen LogP contribution in [0.5, 0.6) is 0 Å². The third-order valence-electron chi connectivity index (χ3n) is 9.17. The molecular formula is C41H33N3O2. The van der Waals surface area contributed by atoms with Gasteiger partial charge in [-0.1, -0.05) is 70.2 Å². The number of hydrogen-bond acceptors (Lipinski definition) is 4. The molecule has 0 saturated carbocycles. The number of para-hydroxylation sites is 4. The highest BCUT2D eigenvalue weighted by atomic mass is 16.3. The molecule has 0 fully saturated rings. The Kier molecular flexibility index (Phi) is 6.37. The summed E-state index contributed by atoms with van der Waals surface area (Å²) in [5.41, 5.74) is 11.6. The van der Waals surface area contributed by atoms with Crippen molar-refractivity contribution in [3.63, 3.8) is 0 Å². The molecule has 0 N–H and O–H groups in total. The number of imidazole rings is 1. The first-order valence-electron chi connectivity index (χ1n) is 15.8. The molecule has 0 atom stereocenters. The van der Waals surface area contributed by atoms with Crippen molar-refractivity contribution in [3.8, 4) is 34.5 Å². The zero-order valence-electron chi connectivity index (χ0n) is 26.6. The van der Waals surface area contributed by atoms with E-state index in [4.69, 9.17) is 13.8 Å². The second-order valence-electron chi connectivity index (χ2n) is 12.7. The Labute approximate surface area is 267 Å². The smallest absolute Gasteiger partial charge is 0.149 e. The first-order chi connectivity index (χ1) is 22.3. The number of benzene rings is 5. The molecule has 5 aromatic carbocycles. The van der Waals surface area contributed by atoms with Crippen molar-refractivity contribution < 1.29 is 8.83 Å². The lowest BCUT2D eigenvalue weighted by molar-refractivity contribution is 0.628. The van der Waals surface area contributed by atoms with Crippen LogP contribution in [0.2, 0.25) is 0 Å². The number of fused-ring (bicyclic) bond motifs is 5. The second kappa shape index (κ2) is 10.5. The Morgan fingerprint density at radius 3 is 2.17 bits per heavy atom. The molecule has 0 amide bonds. The van der Waals surface area contributed by atoms with Gasteiger partial charge in [0.15, 0.2) is 0 Å². The molecule has 0 saturated heterocycles.